The fourth-order valence-electron chi connectivity index (χ4n) is 4.45. The lowest BCUT2D eigenvalue weighted by molar-refractivity contribution is 0.0964. The zero-order valence-corrected chi connectivity index (χ0v) is 21.0. The Morgan fingerprint density at radius 2 is 1.03 bits per heavy atom. The summed E-state index contributed by atoms with van der Waals surface area (Å²) in [5.74, 6) is -0.0398. The molecule has 0 bridgehead atoms. The Labute approximate surface area is 201 Å². The van der Waals surface area contributed by atoms with Crippen molar-refractivity contribution >= 4 is 11.6 Å². The number of hydrogen-bond donors (Lipinski definition) is 0. The summed E-state index contributed by atoms with van der Waals surface area (Å²) in [6.07, 6.45) is 2.75. The maximum atomic E-state index is 14.1. The molecule has 0 aliphatic heterocycles. The first-order chi connectivity index (χ1) is 16.5. The Balaban J connectivity index is 2.35. The predicted molar refractivity (Wildman–Crippen MR) is 127 cm³/mol. The van der Waals surface area contributed by atoms with E-state index in [2.05, 4.69) is 9.97 Å². The van der Waals surface area contributed by atoms with E-state index in [4.69, 9.17) is 18.9 Å². The molecule has 0 spiro atoms. The van der Waals surface area contributed by atoms with Crippen LogP contribution in [-0.4, -0.2) is 49.0 Å². The van der Waals surface area contributed by atoms with Gasteiger partial charge in [0.25, 0.3) is 0 Å². The van der Waals surface area contributed by atoms with E-state index < -0.39 is 5.78 Å². The average molecular weight is 471 g/mol. The molecule has 0 aromatic carbocycles. The van der Waals surface area contributed by atoms with Crippen LogP contribution in [0.25, 0.3) is 0 Å². The van der Waals surface area contributed by atoms with Gasteiger partial charge < -0.3 is 18.9 Å². The van der Waals surface area contributed by atoms with Crippen LogP contribution in [0.5, 0.6) is 11.8 Å². The summed E-state index contributed by atoms with van der Waals surface area (Å²) < 4.78 is 22.4. The van der Waals surface area contributed by atoms with Crippen LogP contribution in [-0.2, 0) is 35.5 Å². The minimum absolute atomic E-state index is 0.0765. The van der Waals surface area contributed by atoms with Crippen LogP contribution in [0.3, 0.4) is 0 Å². The molecule has 1 aliphatic rings. The monoisotopic (exact) mass is 470 g/mol. The topological polar surface area (TPSA) is 96.8 Å². The molecule has 0 N–H and O–H groups in total. The third-order valence-corrected chi connectivity index (χ3v) is 5.92. The van der Waals surface area contributed by atoms with Gasteiger partial charge in [0.05, 0.1) is 38.6 Å². The largest absolute Gasteiger partial charge is 0.481 e. The fourth-order valence-corrected chi connectivity index (χ4v) is 4.45. The third-order valence-electron chi connectivity index (χ3n) is 5.92. The molecular formula is C26H34N2O6. The zero-order valence-electron chi connectivity index (χ0n) is 21.0. The smallest absolute Gasteiger partial charge is 0.231 e. The molecule has 34 heavy (non-hydrogen) atoms. The highest BCUT2D eigenvalue weighted by molar-refractivity contribution is 6.28. The van der Waals surface area contributed by atoms with Gasteiger partial charge in [0.1, 0.15) is 11.4 Å². The molecule has 8 heteroatoms. The van der Waals surface area contributed by atoms with Crippen LogP contribution in [0.15, 0.2) is 0 Å². The summed E-state index contributed by atoms with van der Waals surface area (Å²) in [6.45, 7) is 9.38. The van der Waals surface area contributed by atoms with E-state index in [9.17, 15) is 9.59 Å². The second-order valence-electron chi connectivity index (χ2n) is 8.04. The average Bonchev–Trinajstić information content (AvgIpc) is 2.84. The summed E-state index contributed by atoms with van der Waals surface area (Å²) >= 11 is 0. The lowest BCUT2D eigenvalue weighted by atomic mass is 9.81. The molecule has 0 saturated heterocycles. The Morgan fingerprint density at radius 3 is 1.35 bits per heavy atom. The molecule has 0 radical (unpaired) electrons. The van der Waals surface area contributed by atoms with Crippen molar-refractivity contribution in [1.82, 2.24) is 9.97 Å². The first-order valence-electron chi connectivity index (χ1n) is 11.9. The van der Waals surface area contributed by atoms with E-state index in [1.807, 2.05) is 27.7 Å². The van der Waals surface area contributed by atoms with E-state index in [0.717, 1.165) is 24.0 Å². The van der Waals surface area contributed by atoms with Gasteiger partial charge in [-0.25, -0.2) is 9.97 Å². The Hall–Kier alpha value is -2.84. The first-order valence-corrected chi connectivity index (χ1v) is 11.9. The number of carbonyl (C=O) groups excluding carboxylic acids is 2. The highest BCUT2D eigenvalue weighted by Crippen LogP contribution is 2.38. The van der Waals surface area contributed by atoms with E-state index >= 15 is 0 Å². The van der Waals surface area contributed by atoms with Crippen molar-refractivity contribution in [1.29, 1.82) is 0 Å². The van der Waals surface area contributed by atoms with Crippen molar-refractivity contribution in [3.63, 3.8) is 0 Å². The number of pyridine rings is 2. The minimum Gasteiger partial charge on any atom is -0.481 e. The number of rotatable bonds is 12. The molecule has 0 fully saturated rings. The number of hydrogen-bond acceptors (Lipinski definition) is 8. The Bertz CT molecular complexity index is 998. The molecule has 0 amide bonds. The van der Waals surface area contributed by atoms with Crippen molar-refractivity contribution in [2.45, 2.75) is 66.6 Å². The van der Waals surface area contributed by atoms with Gasteiger partial charge in [-0.1, -0.05) is 26.7 Å². The van der Waals surface area contributed by atoms with Gasteiger partial charge >= 0.3 is 0 Å². The van der Waals surface area contributed by atoms with Crippen LogP contribution in [0, 0.1) is 0 Å². The van der Waals surface area contributed by atoms with E-state index in [1.165, 1.54) is 14.2 Å². The number of ether oxygens (including phenoxy) is 4. The van der Waals surface area contributed by atoms with Gasteiger partial charge in [0.2, 0.25) is 17.5 Å². The normalized spacial score (nSPS) is 12.5. The van der Waals surface area contributed by atoms with Crippen LogP contribution >= 0.6 is 0 Å². The van der Waals surface area contributed by atoms with E-state index in [0.29, 0.717) is 60.1 Å². The maximum Gasteiger partial charge on any atom is 0.231 e. The van der Waals surface area contributed by atoms with E-state index in [-0.39, 0.29) is 30.4 Å². The summed E-state index contributed by atoms with van der Waals surface area (Å²) in [6, 6.07) is 0. The molecule has 0 unspecified atom stereocenters. The van der Waals surface area contributed by atoms with Gasteiger partial charge in [-0.05, 0) is 37.8 Å². The standard InChI is InChI=1S/C26H34N2O6/c1-7-11-15-17(13-33-9-3)25(31-5)27-21-19(15)23(29)20-16(12-8-2)18(14-34-10-4)26(32-6)28-22(20)24(21)30/h7-14H2,1-6H3. The maximum absolute atomic E-state index is 14.1. The molecule has 3 rings (SSSR count). The van der Waals surface area contributed by atoms with Crippen molar-refractivity contribution in [3.8, 4) is 11.8 Å². The minimum atomic E-state index is -0.401. The van der Waals surface area contributed by atoms with Gasteiger partial charge in [-0.3, -0.25) is 9.59 Å². The third kappa shape index (κ3) is 4.57. The first kappa shape index (κ1) is 25.8. The number of aromatic nitrogens is 2. The van der Waals surface area contributed by atoms with Crippen molar-refractivity contribution in [3.05, 3.63) is 44.8 Å². The molecular weight excluding hydrogens is 436 g/mol. The molecule has 2 aromatic rings. The lowest BCUT2D eigenvalue weighted by Crippen LogP contribution is -2.29. The fraction of sp³-hybridized carbons (Fsp3) is 0.538. The molecule has 1 aliphatic carbocycles. The summed E-state index contributed by atoms with van der Waals surface area (Å²) in [5.41, 5.74) is 3.76. The predicted octanol–water partition coefficient (Wildman–Crippen LogP) is 4.25. The van der Waals surface area contributed by atoms with Gasteiger partial charge in [0.15, 0.2) is 5.78 Å². The van der Waals surface area contributed by atoms with Crippen LogP contribution < -0.4 is 9.47 Å². The number of fused-ring (bicyclic) bond motifs is 2. The van der Waals surface area contributed by atoms with Gasteiger partial charge in [-0.2, -0.15) is 0 Å². The van der Waals surface area contributed by atoms with Gasteiger partial charge in [-0.15, -0.1) is 0 Å². The van der Waals surface area contributed by atoms with Crippen molar-refractivity contribution in [2.75, 3.05) is 27.4 Å². The molecule has 8 nitrogen and oxygen atoms in total. The number of ketones is 2. The Kier molecular flexibility index (Phi) is 8.74. The number of methoxy groups -OCH3 is 2. The summed E-state index contributed by atoms with van der Waals surface area (Å²) in [4.78, 5) is 36.8. The Morgan fingerprint density at radius 1 is 0.618 bits per heavy atom. The second-order valence-corrected chi connectivity index (χ2v) is 8.04. The van der Waals surface area contributed by atoms with Crippen LogP contribution in [0.4, 0.5) is 0 Å². The van der Waals surface area contributed by atoms with Crippen LogP contribution in [0.1, 0.15) is 94.9 Å². The van der Waals surface area contributed by atoms with Crippen LogP contribution in [0.2, 0.25) is 0 Å². The molecule has 0 saturated carbocycles. The van der Waals surface area contributed by atoms with Crippen molar-refractivity contribution in [2.24, 2.45) is 0 Å². The highest BCUT2D eigenvalue weighted by Gasteiger charge is 2.39. The number of carbonyl (C=O) groups is 2. The molecule has 2 heterocycles. The van der Waals surface area contributed by atoms with Crippen molar-refractivity contribution < 1.29 is 28.5 Å². The lowest BCUT2D eigenvalue weighted by Gasteiger charge is -2.26. The highest BCUT2D eigenvalue weighted by atomic mass is 16.5. The molecule has 0 atom stereocenters. The quantitative estimate of drug-likeness (QED) is 0.388. The zero-order chi connectivity index (χ0) is 24.8. The van der Waals surface area contributed by atoms with E-state index in [1.54, 1.807) is 0 Å². The number of nitrogens with zero attached hydrogens (tertiary/aromatic N) is 2. The summed E-state index contributed by atoms with van der Waals surface area (Å²) in [7, 11) is 3.01. The SMILES string of the molecule is CCCc1c(COCC)c(OC)nc2c1C(=O)c1c(nc(OC)c(COCC)c1CCC)C2=O. The molecule has 2 aromatic heterocycles. The second kappa shape index (κ2) is 11.5. The summed E-state index contributed by atoms with van der Waals surface area (Å²) in [5, 5.41) is 0. The van der Waals surface area contributed by atoms with Gasteiger partial charge in [0, 0.05) is 24.3 Å². The molecule has 184 valence electrons.